The quantitative estimate of drug-likeness (QED) is 0.467. The highest BCUT2D eigenvalue weighted by molar-refractivity contribution is 7.92. The van der Waals surface area contributed by atoms with Crippen LogP contribution in [0.3, 0.4) is 0 Å². The second-order valence-electron chi connectivity index (χ2n) is 9.64. The smallest absolute Gasteiger partial charge is 0.245 e. The number of anilines is 2. The van der Waals surface area contributed by atoms with E-state index in [0.29, 0.717) is 49.9 Å². The molecule has 0 aliphatic carbocycles. The van der Waals surface area contributed by atoms with Crippen LogP contribution in [0.5, 0.6) is 0 Å². The van der Waals surface area contributed by atoms with Crippen molar-refractivity contribution in [2.24, 2.45) is 5.92 Å². The number of halogens is 1. The summed E-state index contributed by atoms with van der Waals surface area (Å²) in [5.74, 6) is -0.363. The Kier molecular flexibility index (Phi) is 8.94. The van der Waals surface area contributed by atoms with Gasteiger partial charge >= 0.3 is 0 Å². The normalized spacial score (nSPS) is 19.2. The molecule has 2 aliphatic heterocycles. The molecule has 2 aromatic carbocycles. The Morgan fingerprint density at radius 2 is 1.78 bits per heavy atom. The lowest BCUT2D eigenvalue weighted by Crippen LogP contribution is -2.56. The average Bonchev–Trinajstić information content (AvgIpc) is 2.89. The molecule has 0 bridgehead atoms. The van der Waals surface area contributed by atoms with Crippen molar-refractivity contribution in [3.63, 3.8) is 0 Å². The number of carbonyl (C=O) groups is 2. The van der Waals surface area contributed by atoms with Gasteiger partial charge in [0.1, 0.15) is 6.04 Å². The second-order valence-corrected chi connectivity index (χ2v) is 11.8. The van der Waals surface area contributed by atoms with Crippen LogP contribution < -0.4 is 20.3 Å². The lowest BCUT2D eigenvalue weighted by Gasteiger charge is -2.38. The summed E-state index contributed by atoms with van der Waals surface area (Å²) in [5, 5.41) is 6.91. The number of para-hydroxylation sites is 2. The van der Waals surface area contributed by atoms with Gasteiger partial charge < -0.3 is 20.4 Å². The lowest BCUT2D eigenvalue weighted by atomic mass is 9.97. The molecule has 2 amide bonds. The van der Waals surface area contributed by atoms with Crippen LogP contribution in [0.25, 0.3) is 0 Å². The molecule has 2 fully saturated rings. The van der Waals surface area contributed by atoms with Gasteiger partial charge in [-0.3, -0.25) is 14.3 Å². The zero-order valence-corrected chi connectivity index (χ0v) is 22.5. The van der Waals surface area contributed by atoms with E-state index in [-0.39, 0.29) is 17.7 Å². The van der Waals surface area contributed by atoms with Crippen molar-refractivity contribution in [3.8, 4) is 0 Å². The average molecular weight is 548 g/mol. The fraction of sp³-hybridized carbons (Fsp3) is 0.462. The van der Waals surface area contributed by atoms with Crippen LogP contribution in [0.4, 0.5) is 11.4 Å². The highest BCUT2D eigenvalue weighted by atomic mass is 35.5. The van der Waals surface area contributed by atoms with Gasteiger partial charge in [0, 0.05) is 44.2 Å². The van der Waals surface area contributed by atoms with Gasteiger partial charge in [-0.25, -0.2) is 8.42 Å². The third-order valence-corrected chi connectivity index (χ3v) is 7.61. The number of hydrogen-bond donors (Lipinski definition) is 3. The first kappa shape index (κ1) is 27.2. The molecular weight excluding hydrogens is 514 g/mol. The number of carbonyl (C=O) groups excluding carboxylic acids is 2. The third kappa shape index (κ3) is 7.59. The molecule has 2 aromatic rings. The fourth-order valence-electron chi connectivity index (χ4n) is 4.85. The molecule has 3 N–H and O–H groups in total. The number of benzene rings is 2. The van der Waals surface area contributed by atoms with E-state index in [4.69, 9.17) is 11.6 Å². The summed E-state index contributed by atoms with van der Waals surface area (Å²) in [6, 6.07) is 13.9. The van der Waals surface area contributed by atoms with Gasteiger partial charge in [0.25, 0.3) is 0 Å². The predicted octanol–water partition coefficient (Wildman–Crippen LogP) is 2.09. The van der Waals surface area contributed by atoms with Crippen LogP contribution in [0.1, 0.15) is 18.4 Å². The Bertz CT molecular complexity index is 1190. The van der Waals surface area contributed by atoms with Crippen molar-refractivity contribution in [1.82, 2.24) is 15.5 Å². The molecule has 9 nitrogen and oxygen atoms in total. The van der Waals surface area contributed by atoms with E-state index in [1.54, 1.807) is 29.2 Å². The van der Waals surface area contributed by atoms with Crippen LogP contribution >= 0.6 is 11.6 Å². The van der Waals surface area contributed by atoms with Crippen molar-refractivity contribution >= 4 is 44.8 Å². The van der Waals surface area contributed by atoms with Crippen molar-refractivity contribution in [3.05, 3.63) is 59.1 Å². The maximum Gasteiger partial charge on any atom is 0.245 e. The van der Waals surface area contributed by atoms with Crippen LogP contribution in [-0.2, 0) is 26.0 Å². The first-order valence-electron chi connectivity index (χ1n) is 12.6. The molecule has 0 aromatic heterocycles. The maximum absolute atomic E-state index is 13.6. The highest BCUT2D eigenvalue weighted by Gasteiger charge is 2.31. The van der Waals surface area contributed by atoms with Gasteiger partial charge in [0.15, 0.2) is 0 Å². The minimum atomic E-state index is -3.42. The van der Waals surface area contributed by atoms with Gasteiger partial charge in [-0.1, -0.05) is 35.9 Å². The zero-order chi connectivity index (χ0) is 26.4. The SMILES string of the molecule is CS(=O)(=O)Nc1ccccc1N1CCN(C(=O)[C@@H](Cc2ccc(Cl)cc2)NC(=O)C2CCCNC2)CC1. The molecule has 200 valence electrons. The molecular formula is C26H34ClN5O4S. The Hall–Kier alpha value is -2.82. The van der Waals surface area contributed by atoms with E-state index in [9.17, 15) is 18.0 Å². The van der Waals surface area contributed by atoms with E-state index < -0.39 is 16.1 Å². The van der Waals surface area contributed by atoms with Crippen LogP contribution in [0, 0.1) is 5.92 Å². The van der Waals surface area contributed by atoms with Gasteiger partial charge in [0.2, 0.25) is 21.8 Å². The Labute approximate surface area is 223 Å². The van der Waals surface area contributed by atoms with Crippen molar-refractivity contribution < 1.29 is 18.0 Å². The first-order valence-corrected chi connectivity index (χ1v) is 14.8. The maximum atomic E-state index is 13.6. The predicted molar refractivity (Wildman–Crippen MR) is 146 cm³/mol. The van der Waals surface area contributed by atoms with Gasteiger partial charge in [-0.15, -0.1) is 0 Å². The van der Waals surface area contributed by atoms with Gasteiger partial charge in [-0.2, -0.15) is 0 Å². The Morgan fingerprint density at radius 3 is 2.43 bits per heavy atom. The molecule has 0 saturated carbocycles. The zero-order valence-electron chi connectivity index (χ0n) is 21.0. The summed E-state index contributed by atoms with van der Waals surface area (Å²) in [7, 11) is -3.42. The standard InChI is InChI=1S/C26H34ClN5O4S/c1-37(35,36)30-22-6-2-3-7-24(22)31-13-15-32(16-14-31)26(34)23(17-19-8-10-21(27)11-9-19)29-25(33)20-5-4-12-28-18-20/h2-3,6-11,20,23,28,30H,4-5,12-18H2,1H3,(H,29,33)/t20?,23-/m1/s1. The molecule has 11 heteroatoms. The van der Waals surface area contributed by atoms with E-state index >= 15 is 0 Å². The summed E-state index contributed by atoms with van der Waals surface area (Å²) in [6.07, 6.45) is 3.24. The summed E-state index contributed by atoms with van der Waals surface area (Å²) in [6.45, 7) is 3.54. The summed E-state index contributed by atoms with van der Waals surface area (Å²) in [5.41, 5.74) is 2.21. The van der Waals surface area contributed by atoms with E-state index in [0.717, 1.165) is 36.9 Å². The van der Waals surface area contributed by atoms with Crippen LogP contribution in [0.15, 0.2) is 48.5 Å². The lowest BCUT2D eigenvalue weighted by molar-refractivity contribution is -0.137. The summed E-state index contributed by atoms with van der Waals surface area (Å²) < 4.78 is 26.2. The van der Waals surface area contributed by atoms with Gasteiger partial charge in [-0.05, 0) is 49.2 Å². The molecule has 2 aliphatic rings. The molecule has 2 saturated heterocycles. The first-order chi connectivity index (χ1) is 17.7. The number of piperidine rings is 1. The van der Waals surface area contributed by atoms with E-state index in [1.165, 1.54) is 0 Å². The van der Waals surface area contributed by atoms with Gasteiger partial charge in [0.05, 0.1) is 23.5 Å². The molecule has 0 spiro atoms. The minimum Gasteiger partial charge on any atom is -0.366 e. The number of rotatable bonds is 8. The number of nitrogens with zero attached hydrogens (tertiary/aromatic N) is 2. The van der Waals surface area contributed by atoms with Crippen LogP contribution in [0.2, 0.25) is 5.02 Å². The second kappa shape index (κ2) is 12.1. The van der Waals surface area contributed by atoms with E-state index in [2.05, 4.69) is 20.3 Å². The topological polar surface area (TPSA) is 111 Å². The van der Waals surface area contributed by atoms with Crippen molar-refractivity contribution in [2.75, 3.05) is 55.1 Å². The van der Waals surface area contributed by atoms with Crippen molar-refractivity contribution in [1.29, 1.82) is 0 Å². The monoisotopic (exact) mass is 547 g/mol. The van der Waals surface area contributed by atoms with E-state index in [1.807, 2.05) is 24.3 Å². The third-order valence-electron chi connectivity index (χ3n) is 6.77. The largest absolute Gasteiger partial charge is 0.366 e. The van der Waals surface area contributed by atoms with Crippen LogP contribution in [-0.4, -0.2) is 76.7 Å². The molecule has 37 heavy (non-hydrogen) atoms. The molecule has 2 heterocycles. The number of sulfonamides is 1. The number of hydrogen-bond acceptors (Lipinski definition) is 6. The number of nitrogens with one attached hydrogen (secondary N) is 3. The Morgan fingerprint density at radius 1 is 1.08 bits per heavy atom. The molecule has 0 radical (unpaired) electrons. The van der Waals surface area contributed by atoms with Crippen molar-refractivity contribution in [2.45, 2.75) is 25.3 Å². The summed E-state index contributed by atoms with van der Waals surface area (Å²) in [4.78, 5) is 30.5. The molecule has 1 unspecified atom stereocenters. The number of piperazine rings is 1. The molecule has 4 rings (SSSR count). The highest BCUT2D eigenvalue weighted by Crippen LogP contribution is 2.27. The summed E-state index contributed by atoms with van der Waals surface area (Å²) >= 11 is 6.03. The fourth-order valence-corrected chi connectivity index (χ4v) is 5.54. The molecule has 2 atom stereocenters. The minimum absolute atomic E-state index is 0.0982. The Balaban J connectivity index is 1.45. The number of amides is 2.